The first-order valence-corrected chi connectivity index (χ1v) is 4.70. The van der Waals surface area contributed by atoms with Crippen molar-refractivity contribution in [2.75, 3.05) is 19.7 Å². The summed E-state index contributed by atoms with van der Waals surface area (Å²) >= 11 is 0. The molecule has 13 heavy (non-hydrogen) atoms. The third-order valence-corrected chi connectivity index (χ3v) is 2.63. The van der Waals surface area contributed by atoms with Crippen LogP contribution in [-0.4, -0.2) is 31.2 Å². The zero-order valence-electron chi connectivity index (χ0n) is 8.32. The molecule has 0 amide bonds. The third kappa shape index (κ3) is 4.52. The summed E-state index contributed by atoms with van der Waals surface area (Å²) in [5.41, 5.74) is -0.227. The number of nitrogens with one attached hydrogen (secondary N) is 1. The van der Waals surface area contributed by atoms with Gasteiger partial charge in [-0.2, -0.15) is 0 Å². The first-order valence-electron chi connectivity index (χ1n) is 4.70. The first kappa shape index (κ1) is 12.8. The number of hydrogen-bond donors (Lipinski definition) is 2. The van der Waals surface area contributed by atoms with Crippen molar-refractivity contribution >= 4 is 0 Å². The number of hydrogen-bond acceptors (Lipinski definition) is 2. The molecule has 0 fully saturated rings. The van der Waals surface area contributed by atoms with E-state index in [9.17, 15) is 8.78 Å². The Kier molecular flexibility index (Phi) is 6.16. The summed E-state index contributed by atoms with van der Waals surface area (Å²) in [6.45, 7) is 4.15. The fraction of sp³-hybridized carbons (Fsp3) is 1.00. The minimum atomic E-state index is -2.31. The van der Waals surface area contributed by atoms with Gasteiger partial charge in [-0.25, -0.2) is 8.78 Å². The summed E-state index contributed by atoms with van der Waals surface area (Å²) in [6, 6.07) is 0. The van der Waals surface area contributed by atoms with Crippen LogP contribution in [0.5, 0.6) is 0 Å². The van der Waals surface area contributed by atoms with E-state index in [1.807, 2.05) is 13.8 Å². The van der Waals surface area contributed by atoms with Gasteiger partial charge in [-0.3, -0.25) is 0 Å². The number of alkyl halides is 2. The van der Waals surface area contributed by atoms with E-state index in [0.29, 0.717) is 6.54 Å². The second-order valence-corrected chi connectivity index (χ2v) is 3.39. The van der Waals surface area contributed by atoms with Crippen molar-refractivity contribution in [3.63, 3.8) is 0 Å². The van der Waals surface area contributed by atoms with Gasteiger partial charge in [-0.15, -0.1) is 0 Å². The SMILES string of the molecule is CCC(CC)(CO)CNCC(F)F. The van der Waals surface area contributed by atoms with Crippen molar-refractivity contribution in [1.29, 1.82) is 0 Å². The molecule has 0 aliphatic heterocycles. The van der Waals surface area contributed by atoms with Crippen LogP contribution in [0, 0.1) is 5.41 Å². The lowest BCUT2D eigenvalue weighted by Crippen LogP contribution is -2.38. The highest BCUT2D eigenvalue weighted by atomic mass is 19.3. The zero-order valence-corrected chi connectivity index (χ0v) is 8.32. The summed E-state index contributed by atoms with van der Waals surface area (Å²) in [5, 5.41) is 11.8. The monoisotopic (exact) mass is 195 g/mol. The Hall–Kier alpha value is -0.220. The topological polar surface area (TPSA) is 32.3 Å². The van der Waals surface area contributed by atoms with Gasteiger partial charge in [0.25, 0.3) is 6.43 Å². The standard InChI is InChI=1S/C9H19F2NO/c1-3-9(4-2,7-13)6-12-5-8(10)11/h8,12-13H,3-7H2,1-2H3. The van der Waals surface area contributed by atoms with Crippen molar-refractivity contribution in [3.8, 4) is 0 Å². The van der Waals surface area contributed by atoms with Crippen LogP contribution in [0.25, 0.3) is 0 Å². The van der Waals surface area contributed by atoms with E-state index in [0.717, 1.165) is 12.8 Å². The maximum atomic E-state index is 11.8. The lowest BCUT2D eigenvalue weighted by Gasteiger charge is -2.29. The lowest BCUT2D eigenvalue weighted by atomic mass is 9.83. The number of aliphatic hydroxyl groups excluding tert-OH is 1. The first-order chi connectivity index (χ1) is 6.10. The maximum Gasteiger partial charge on any atom is 0.250 e. The Bertz CT molecular complexity index is 119. The van der Waals surface area contributed by atoms with Gasteiger partial charge in [0, 0.05) is 18.6 Å². The molecule has 0 aromatic rings. The van der Waals surface area contributed by atoms with Crippen molar-refractivity contribution in [2.24, 2.45) is 5.41 Å². The van der Waals surface area contributed by atoms with Crippen molar-refractivity contribution in [2.45, 2.75) is 33.1 Å². The molecule has 0 aromatic carbocycles. The van der Waals surface area contributed by atoms with Gasteiger partial charge < -0.3 is 10.4 Å². The van der Waals surface area contributed by atoms with E-state index in [1.165, 1.54) is 0 Å². The van der Waals surface area contributed by atoms with Crippen molar-refractivity contribution in [1.82, 2.24) is 5.32 Å². The molecule has 0 radical (unpaired) electrons. The van der Waals surface area contributed by atoms with E-state index in [1.54, 1.807) is 0 Å². The zero-order chi connectivity index (χ0) is 10.3. The molecule has 0 unspecified atom stereocenters. The quantitative estimate of drug-likeness (QED) is 0.647. The minimum absolute atomic E-state index is 0.0518. The summed E-state index contributed by atoms with van der Waals surface area (Å²) in [4.78, 5) is 0. The Labute approximate surface area is 78.3 Å². The highest BCUT2D eigenvalue weighted by Gasteiger charge is 2.24. The van der Waals surface area contributed by atoms with E-state index in [4.69, 9.17) is 5.11 Å². The third-order valence-electron chi connectivity index (χ3n) is 2.63. The summed E-state index contributed by atoms with van der Waals surface area (Å²) in [6.07, 6.45) is -0.711. The van der Waals surface area contributed by atoms with E-state index in [2.05, 4.69) is 5.32 Å². The van der Waals surface area contributed by atoms with Crippen molar-refractivity contribution < 1.29 is 13.9 Å². The van der Waals surface area contributed by atoms with Crippen LogP contribution in [0.1, 0.15) is 26.7 Å². The molecule has 80 valence electrons. The van der Waals surface area contributed by atoms with Crippen LogP contribution in [0.15, 0.2) is 0 Å². The van der Waals surface area contributed by atoms with Crippen LogP contribution in [0.3, 0.4) is 0 Å². The predicted molar refractivity (Wildman–Crippen MR) is 49.0 cm³/mol. The molecule has 0 heterocycles. The average molecular weight is 195 g/mol. The van der Waals surface area contributed by atoms with E-state index >= 15 is 0 Å². The fourth-order valence-corrected chi connectivity index (χ4v) is 1.23. The van der Waals surface area contributed by atoms with Crippen LogP contribution in [0.4, 0.5) is 8.78 Å². The summed E-state index contributed by atoms with van der Waals surface area (Å²) in [5.74, 6) is 0. The largest absolute Gasteiger partial charge is 0.396 e. The average Bonchev–Trinajstić information content (AvgIpc) is 2.13. The lowest BCUT2D eigenvalue weighted by molar-refractivity contribution is 0.0978. The van der Waals surface area contributed by atoms with Crippen LogP contribution >= 0.6 is 0 Å². The number of rotatable bonds is 7. The van der Waals surface area contributed by atoms with E-state index in [-0.39, 0.29) is 18.6 Å². The van der Waals surface area contributed by atoms with Gasteiger partial charge in [-0.1, -0.05) is 13.8 Å². The summed E-state index contributed by atoms with van der Waals surface area (Å²) < 4.78 is 23.6. The van der Waals surface area contributed by atoms with Crippen molar-refractivity contribution in [3.05, 3.63) is 0 Å². The predicted octanol–water partition coefficient (Wildman–Crippen LogP) is 1.64. The molecular weight excluding hydrogens is 176 g/mol. The maximum absolute atomic E-state index is 11.8. The highest BCUT2D eigenvalue weighted by Crippen LogP contribution is 2.24. The Morgan fingerprint density at radius 2 is 1.85 bits per heavy atom. The van der Waals surface area contributed by atoms with Gasteiger partial charge in [0.15, 0.2) is 0 Å². The second-order valence-electron chi connectivity index (χ2n) is 3.39. The second kappa shape index (κ2) is 6.27. The van der Waals surface area contributed by atoms with Crippen LogP contribution in [-0.2, 0) is 0 Å². The molecular formula is C9H19F2NO. The molecule has 2 nitrogen and oxygen atoms in total. The molecule has 4 heteroatoms. The van der Waals surface area contributed by atoms with Gasteiger partial charge in [-0.05, 0) is 12.8 Å². The van der Waals surface area contributed by atoms with E-state index < -0.39 is 6.43 Å². The van der Waals surface area contributed by atoms with Gasteiger partial charge in [0.2, 0.25) is 0 Å². The van der Waals surface area contributed by atoms with Gasteiger partial charge in [0.1, 0.15) is 0 Å². The highest BCUT2D eigenvalue weighted by molar-refractivity contribution is 4.78. The Morgan fingerprint density at radius 3 is 2.15 bits per heavy atom. The minimum Gasteiger partial charge on any atom is -0.396 e. The number of halogens is 2. The molecule has 0 saturated carbocycles. The van der Waals surface area contributed by atoms with Crippen LogP contribution in [0.2, 0.25) is 0 Å². The van der Waals surface area contributed by atoms with Gasteiger partial charge in [0.05, 0.1) is 6.54 Å². The molecule has 0 aromatic heterocycles. The molecule has 0 spiro atoms. The molecule has 2 N–H and O–H groups in total. The van der Waals surface area contributed by atoms with Crippen LogP contribution < -0.4 is 5.32 Å². The number of aliphatic hydroxyl groups is 1. The summed E-state index contributed by atoms with van der Waals surface area (Å²) in [7, 11) is 0. The molecule has 0 aliphatic rings. The fourth-order valence-electron chi connectivity index (χ4n) is 1.23. The van der Waals surface area contributed by atoms with Gasteiger partial charge >= 0.3 is 0 Å². The Morgan fingerprint density at radius 1 is 1.31 bits per heavy atom. The normalized spacial score (nSPS) is 12.5. The molecule has 0 aliphatic carbocycles. The molecule has 0 rings (SSSR count). The molecule has 0 saturated heterocycles. The molecule has 0 atom stereocenters. The Balaban J connectivity index is 3.81. The smallest absolute Gasteiger partial charge is 0.250 e. The molecule has 0 bridgehead atoms.